The van der Waals surface area contributed by atoms with Crippen LogP contribution in [0.2, 0.25) is 0 Å². The maximum atomic E-state index is 13.8. The lowest BCUT2D eigenvalue weighted by atomic mass is 10.1. The van der Waals surface area contributed by atoms with Gasteiger partial charge in [0.15, 0.2) is 11.6 Å². The molecule has 21 heavy (non-hydrogen) atoms. The fraction of sp³-hybridized carbons (Fsp3) is 0.562. The Kier molecular flexibility index (Phi) is 3.93. The van der Waals surface area contributed by atoms with Crippen molar-refractivity contribution in [2.24, 2.45) is 5.92 Å². The molecule has 2 fully saturated rings. The first kappa shape index (κ1) is 14.4. The number of carbonyl (C=O) groups excluding carboxylic acids is 1. The SMILES string of the molecule is CNCC1CCCN1C(=O)C1CC1c1cccc(F)c1F. The molecule has 1 N–H and O–H groups in total. The maximum absolute atomic E-state index is 13.8. The second kappa shape index (κ2) is 5.72. The van der Waals surface area contributed by atoms with Crippen LogP contribution in [0.3, 0.4) is 0 Å². The van der Waals surface area contributed by atoms with Crippen molar-refractivity contribution in [3.63, 3.8) is 0 Å². The van der Waals surface area contributed by atoms with Crippen LogP contribution in [-0.2, 0) is 4.79 Å². The lowest BCUT2D eigenvalue weighted by Gasteiger charge is -2.24. The summed E-state index contributed by atoms with van der Waals surface area (Å²) in [7, 11) is 1.88. The molecule has 1 saturated carbocycles. The molecule has 3 unspecified atom stereocenters. The molecule has 114 valence electrons. The summed E-state index contributed by atoms with van der Waals surface area (Å²) in [5.74, 6) is -1.88. The van der Waals surface area contributed by atoms with Crippen molar-refractivity contribution in [2.45, 2.75) is 31.2 Å². The maximum Gasteiger partial charge on any atom is 0.226 e. The van der Waals surface area contributed by atoms with Gasteiger partial charge >= 0.3 is 0 Å². The lowest BCUT2D eigenvalue weighted by molar-refractivity contribution is -0.133. The summed E-state index contributed by atoms with van der Waals surface area (Å²) in [6.07, 6.45) is 2.66. The summed E-state index contributed by atoms with van der Waals surface area (Å²) in [5, 5.41) is 3.11. The number of likely N-dealkylation sites (N-methyl/N-ethyl adjacent to an activating group) is 1. The molecule has 3 nitrogen and oxygen atoms in total. The average molecular weight is 294 g/mol. The zero-order valence-electron chi connectivity index (χ0n) is 12.1. The standard InChI is InChI=1S/C16H20F2N2O/c1-19-9-10-4-3-7-20(10)16(21)13-8-12(13)11-5-2-6-14(17)15(11)18/h2,5-6,10,12-13,19H,3-4,7-9H2,1H3. The van der Waals surface area contributed by atoms with Gasteiger partial charge in [0, 0.05) is 25.0 Å². The van der Waals surface area contributed by atoms with Gasteiger partial charge in [0.25, 0.3) is 0 Å². The second-order valence-corrected chi connectivity index (χ2v) is 5.98. The van der Waals surface area contributed by atoms with Crippen LogP contribution in [0, 0.1) is 17.6 Å². The van der Waals surface area contributed by atoms with Gasteiger partial charge < -0.3 is 10.2 Å². The van der Waals surface area contributed by atoms with E-state index >= 15 is 0 Å². The smallest absolute Gasteiger partial charge is 0.226 e. The van der Waals surface area contributed by atoms with Crippen molar-refractivity contribution in [2.75, 3.05) is 20.1 Å². The van der Waals surface area contributed by atoms with Gasteiger partial charge in [-0.3, -0.25) is 4.79 Å². The summed E-state index contributed by atoms with van der Waals surface area (Å²) in [6, 6.07) is 4.45. The largest absolute Gasteiger partial charge is 0.338 e. The molecule has 1 amide bonds. The zero-order valence-corrected chi connectivity index (χ0v) is 12.1. The van der Waals surface area contributed by atoms with E-state index in [4.69, 9.17) is 0 Å². The van der Waals surface area contributed by atoms with Crippen molar-refractivity contribution in [1.29, 1.82) is 0 Å². The minimum absolute atomic E-state index is 0.0985. The average Bonchev–Trinajstić information content (AvgIpc) is 3.13. The third-order valence-corrected chi connectivity index (χ3v) is 4.59. The molecule has 0 radical (unpaired) electrons. The fourth-order valence-electron chi connectivity index (χ4n) is 3.41. The summed E-state index contributed by atoms with van der Waals surface area (Å²) < 4.78 is 27.1. The summed E-state index contributed by atoms with van der Waals surface area (Å²) >= 11 is 0. The first-order valence-corrected chi connectivity index (χ1v) is 7.52. The highest BCUT2D eigenvalue weighted by atomic mass is 19.2. The quantitative estimate of drug-likeness (QED) is 0.924. The van der Waals surface area contributed by atoms with E-state index in [1.807, 2.05) is 11.9 Å². The number of nitrogens with zero attached hydrogens (tertiary/aromatic N) is 1. The molecule has 0 spiro atoms. The molecule has 1 aliphatic carbocycles. The van der Waals surface area contributed by atoms with Crippen LogP contribution in [0.15, 0.2) is 18.2 Å². The van der Waals surface area contributed by atoms with Crippen LogP contribution in [0.4, 0.5) is 8.78 Å². The predicted octanol–water partition coefficient (Wildman–Crippen LogP) is 2.28. The first-order chi connectivity index (χ1) is 10.1. The number of carbonyl (C=O) groups is 1. The van der Waals surface area contributed by atoms with Crippen molar-refractivity contribution in [1.82, 2.24) is 10.2 Å². The van der Waals surface area contributed by atoms with Crippen molar-refractivity contribution in [3.05, 3.63) is 35.4 Å². The third kappa shape index (κ3) is 2.67. The fourth-order valence-corrected chi connectivity index (χ4v) is 3.41. The zero-order chi connectivity index (χ0) is 15.0. The Balaban J connectivity index is 1.70. The summed E-state index contributed by atoms with van der Waals surface area (Å²) in [6.45, 7) is 1.57. The molecule has 2 aliphatic rings. The molecule has 1 saturated heterocycles. The van der Waals surface area contributed by atoms with Crippen LogP contribution in [-0.4, -0.2) is 37.0 Å². The number of nitrogens with one attached hydrogen (secondary N) is 1. The van der Waals surface area contributed by atoms with E-state index in [2.05, 4.69) is 5.32 Å². The molecule has 1 aliphatic heterocycles. The van der Waals surface area contributed by atoms with Crippen molar-refractivity contribution >= 4 is 5.91 Å². The minimum Gasteiger partial charge on any atom is -0.338 e. The van der Waals surface area contributed by atoms with Gasteiger partial charge in [-0.25, -0.2) is 8.78 Å². The highest BCUT2D eigenvalue weighted by molar-refractivity contribution is 5.83. The van der Waals surface area contributed by atoms with Gasteiger partial charge in [-0.05, 0) is 43.9 Å². The molecule has 1 aromatic rings. The summed E-state index contributed by atoms with van der Waals surface area (Å²) in [4.78, 5) is 14.5. The Labute approximate surface area is 123 Å². The number of benzene rings is 1. The third-order valence-electron chi connectivity index (χ3n) is 4.59. The molecular formula is C16H20F2N2O. The molecular weight excluding hydrogens is 274 g/mol. The van der Waals surface area contributed by atoms with E-state index in [1.165, 1.54) is 6.07 Å². The highest BCUT2D eigenvalue weighted by Crippen LogP contribution is 2.50. The molecule has 3 atom stereocenters. The molecule has 5 heteroatoms. The minimum atomic E-state index is -0.833. The molecule has 1 aromatic carbocycles. The van der Waals surface area contributed by atoms with Crippen molar-refractivity contribution in [3.8, 4) is 0 Å². The number of rotatable bonds is 4. The van der Waals surface area contributed by atoms with Gasteiger partial charge in [0.2, 0.25) is 5.91 Å². The van der Waals surface area contributed by atoms with Gasteiger partial charge in [-0.15, -0.1) is 0 Å². The normalized spacial score (nSPS) is 28.0. The van der Waals surface area contributed by atoms with Gasteiger partial charge in [-0.1, -0.05) is 12.1 Å². The Morgan fingerprint density at radius 2 is 2.24 bits per heavy atom. The van der Waals surface area contributed by atoms with Crippen LogP contribution < -0.4 is 5.32 Å². The van der Waals surface area contributed by atoms with Crippen LogP contribution >= 0.6 is 0 Å². The van der Waals surface area contributed by atoms with Crippen LogP contribution in [0.25, 0.3) is 0 Å². The van der Waals surface area contributed by atoms with Gasteiger partial charge in [0.05, 0.1) is 0 Å². The van der Waals surface area contributed by atoms with E-state index in [-0.39, 0.29) is 23.8 Å². The molecule has 0 aromatic heterocycles. The Morgan fingerprint density at radius 1 is 1.43 bits per heavy atom. The van der Waals surface area contributed by atoms with Gasteiger partial charge in [-0.2, -0.15) is 0 Å². The van der Waals surface area contributed by atoms with E-state index in [9.17, 15) is 13.6 Å². The summed E-state index contributed by atoms with van der Waals surface area (Å²) in [5.41, 5.74) is 0.345. The Bertz CT molecular complexity index is 549. The van der Waals surface area contributed by atoms with E-state index in [0.29, 0.717) is 12.0 Å². The van der Waals surface area contributed by atoms with Crippen LogP contribution in [0.1, 0.15) is 30.7 Å². The molecule has 0 bridgehead atoms. The van der Waals surface area contributed by atoms with E-state index in [1.54, 1.807) is 6.07 Å². The Morgan fingerprint density at radius 3 is 3.00 bits per heavy atom. The van der Waals surface area contributed by atoms with Gasteiger partial charge in [0.1, 0.15) is 0 Å². The molecule has 3 rings (SSSR count). The Hall–Kier alpha value is -1.49. The molecule has 1 heterocycles. The van der Waals surface area contributed by atoms with Crippen molar-refractivity contribution < 1.29 is 13.6 Å². The first-order valence-electron chi connectivity index (χ1n) is 7.52. The monoisotopic (exact) mass is 294 g/mol. The number of amides is 1. The second-order valence-electron chi connectivity index (χ2n) is 5.98. The van der Waals surface area contributed by atoms with E-state index < -0.39 is 11.6 Å². The number of hydrogen-bond donors (Lipinski definition) is 1. The highest BCUT2D eigenvalue weighted by Gasteiger charge is 2.48. The lowest BCUT2D eigenvalue weighted by Crippen LogP contribution is -2.41. The predicted molar refractivity (Wildman–Crippen MR) is 75.9 cm³/mol. The number of hydrogen-bond acceptors (Lipinski definition) is 2. The topological polar surface area (TPSA) is 32.3 Å². The van der Waals surface area contributed by atoms with Crippen LogP contribution in [0.5, 0.6) is 0 Å². The van der Waals surface area contributed by atoms with E-state index in [0.717, 1.165) is 32.0 Å². The number of halogens is 2. The number of likely N-dealkylation sites (tertiary alicyclic amines) is 1.